The summed E-state index contributed by atoms with van der Waals surface area (Å²) >= 11 is 0. The van der Waals surface area contributed by atoms with Crippen molar-refractivity contribution in [2.45, 2.75) is 40.5 Å². The van der Waals surface area contributed by atoms with Gasteiger partial charge in [0.05, 0.1) is 0 Å². The van der Waals surface area contributed by atoms with Gasteiger partial charge >= 0.3 is 5.97 Å². The molecule has 0 saturated heterocycles. The molecule has 0 radical (unpaired) electrons. The van der Waals surface area contributed by atoms with Gasteiger partial charge in [0.1, 0.15) is 0 Å². The number of aryl methyl sites for hydroxylation is 4. The molecular formula is C20H23N5O3. The van der Waals surface area contributed by atoms with Crippen LogP contribution < -0.4 is 5.32 Å². The summed E-state index contributed by atoms with van der Waals surface area (Å²) in [5, 5.41) is 6.96. The van der Waals surface area contributed by atoms with Gasteiger partial charge in [0.2, 0.25) is 0 Å². The molecule has 1 aromatic carbocycles. The van der Waals surface area contributed by atoms with Gasteiger partial charge < -0.3 is 10.1 Å². The smallest absolute Gasteiger partial charge is 0.378 e. The quantitative estimate of drug-likeness (QED) is 0.659. The zero-order valence-electron chi connectivity index (χ0n) is 16.4. The van der Waals surface area contributed by atoms with Gasteiger partial charge in [0.15, 0.2) is 6.61 Å². The second-order valence-electron chi connectivity index (χ2n) is 6.47. The Kier molecular flexibility index (Phi) is 5.67. The van der Waals surface area contributed by atoms with Gasteiger partial charge in [-0.1, -0.05) is 32.0 Å². The molecule has 1 amide bonds. The van der Waals surface area contributed by atoms with Gasteiger partial charge in [0, 0.05) is 17.1 Å². The molecule has 0 unspecified atom stereocenters. The van der Waals surface area contributed by atoms with Crippen LogP contribution in [-0.4, -0.2) is 38.1 Å². The molecule has 146 valence electrons. The summed E-state index contributed by atoms with van der Waals surface area (Å²) in [6.07, 6.45) is 1.58. The lowest BCUT2D eigenvalue weighted by molar-refractivity contribution is -0.119. The molecule has 0 aliphatic carbocycles. The first-order valence-corrected chi connectivity index (χ1v) is 9.21. The first-order valence-electron chi connectivity index (χ1n) is 9.21. The lowest BCUT2D eigenvalue weighted by Crippen LogP contribution is -2.22. The third kappa shape index (κ3) is 4.00. The van der Waals surface area contributed by atoms with Crippen LogP contribution in [-0.2, 0) is 22.4 Å². The summed E-state index contributed by atoms with van der Waals surface area (Å²) < 4.78 is 6.56. The maximum Gasteiger partial charge on any atom is 0.378 e. The highest BCUT2D eigenvalue weighted by atomic mass is 16.5. The van der Waals surface area contributed by atoms with E-state index in [9.17, 15) is 9.59 Å². The van der Waals surface area contributed by atoms with Crippen molar-refractivity contribution < 1.29 is 14.3 Å². The van der Waals surface area contributed by atoms with Crippen LogP contribution in [0.3, 0.4) is 0 Å². The number of benzene rings is 1. The lowest BCUT2D eigenvalue weighted by atomic mass is 10.0. The second-order valence-corrected chi connectivity index (χ2v) is 6.47. The number of rotatable bonds is 6. The Bertz CT molecular complexity index is 1020. The number of hydrogen-bond donors (Lipinski definition) is 1. The summed E-state index contributed by atoms with van der Waals surface area (Å²) in [5.74, 6) is -0.981. The van der Waals surface area contributed by atoms with Gasteiger partial charge in [-0.15, -0.1) is 5.10 Å². The van der Waals surface area contributed by atoms with E-state index in [0.717, 1.165) is 41.0 Å². The fourth-order valence-corrected chi connectivity index (χ4v) is 3.03. The van der Waals surface area contributed by atoms with E-state index in [4.69, 9.17) is 4.74 Å². The SMILES string of the molecule is CCc1cccc(CC)c1NC(=O)COC(=O)c1nc2nc(C)cc(C)n2n1. The average Bonchev–Trinajstić information content (AvgIpc) is 3.10. The summed E-state index contributed by atoms with van der Waals surface area (Å²) in [5.41, 5.74) is 4.44. The van der Waals surface area contributed by atoms with Crippen LogP contribution in [0.25, 0.3) is 5.78 Å². The van der Waals surface area contributed by atoms with E-state index in [1.165, 1.54) is 4.52 Å². The molecule has 3 rings (SSSR count). The first kappa shape index (κ1) is 19.5. The lowest BCUT2D eigenvalue weighted by Gasteiger charge is -2.14. The molecule has 2 aromatic heterocycles. The van der Waals surface area contributed by atoms with Gasteiger partial charge in [-0.25, -0.2) is 14.3 Å². The molecule has 0 aliphatic rings. The Morgan fingerprint density at radius 1 is 1.11 bits per heavy atom. The number of hydrogen-bond acceptors (Lipinski definition) is 6. The zero-order chi connectivity index (χ0) is 20.3. The summed E-state index contributed by atoms with van der Waals surface area (Å²) in [4.78, 5) is 32.9. The Morgan fingerprint density at radius 3 is 2.43 bits per heavy atom. The fraction of sp³-hybridized carbons (Fsp3) is 0.350. The highest BCUT2D eigenvalue weighted by Crippen LogP contribution is 2.22. The molecule has 0 bridgehead atoms. The number of anilines is 1. The van der Waals surface area contributed by atoms with Crippen molar-refractivity contribution in [1.82, 2.24) is 19.6 Å². The van der Waals surface area contributed by atoms with E-state index in [1.807, 2.05) is 52.0 Å². The van der Waals surface area contributed by atoms with Gasteiger partial charge in [-0.05, 0) is 43.9 Å². The number of aromatic nitrogens is 4. The first-order chi connectivity index (χ1) is 13.4. The van der Waals surface area contributed by atoms with E-state index >= 15 is 0 Å². The number of nitrogens with zero attached hydrogens (tertiary/aromatic N) is 4. The molecule has 2 heterocycles. The third-order valence-corrected chi connectivity index (χ3v) is 4.40. The molecule has 0 fully saturated rings. The molecule has 28 heavy (non-hydrogen) atoms. The van der Waals surface area contributed by atoms with E-state index in [1.54, 1.807) is 0 Å². The van der Waals surface area contributed by atoms with Crippen LogP contribution in [0.2, 0.25) is 0 Å². The van der Waals surface area contributed by atoms with Crippen LogP contribution in [0.15, 0.2) is 24.3 Å². The Hall–Kier alpha value is -3.29. The number of para-hydroxylation sites is 1. The van der Waals surface area contributed by atoms with Gasteiger partial charge in [0.25, 0.3) is 17.5 Å². The van der Waals surface area contributed by atoms with Crippen LogP contribution in [0, 0.1) is 13.8 Å². The van der Waals surface area contributed by atoms with E-state index in [0.29, 0.717) is 5.78 Å². The Balaban J connectivity index is 1.68. The van der Waals surface area contributed by atoms with Gasteiger partial charge in [-0.2, -0.15) is 4.98 Å². The number of carbonyl (C=O) groups excluding carboxylic acids is 2. The minimum Gasteiger partial charge on any atom is -0.450 e. The van der Waals surface area contributed by atoms with Crippen molar-refractivity contribution in [3.05, 3.63) is 52.6 Å². The van der Waals surface area contributed by atoms with E-state index < -0.39 is 18.5 Å². The number of carbonyl (C=O) groups is 2. The van der Waals surface area contributed by atoms with Crippen molar-refractivity contribution in [2.24, 2.45) is 0 Å². The fourth-order valence-electron chi connectivity index (χ4n) is 3.03. The predicted molar refractivity (Wildman–Crippen MR) is 104 cm³/mol. The maximum atomic E-state index is 12.3. The molecule has 8 heteroatoms. The third-order valence-electron chi connectivity index (χ3n) is 4.40. The Labute approximate surface area is 163 Å². The minimum absolute atomic E-state index is 0.128. The Morgan fingerprint density at radius 2 is 1.79 bits per heavy atom. The molecule has 0 spiro atoms. The van der Waals surface area contributed by atoms with E-state index in [-0.39, 0.29) is 5.82 Å². The maximum absolute atomic E-state index is 12.3. The number of ether oxygens (including phenoxy) is 1. The largest absolute Gasteiger partial charge is 0.450 e. The standard InChI is InChI=1S/C20H23N5O3/c1-5-14-8-7-9-15(6-2)17(14)22-16(26)11-28-19(27)18-23-20-21-12(3)10-13(4)25(20)24-18/h7-10H,5-6,11H2,1-4H3,(H,22,26). The summed E-state index contributed by atoms with van der Waals surface area (Å²) in [6.45, 7) is 7.31. The second kappa shape index (κ2) is 8.16. The van der Waals surface area contributed by atoms with Crippen molar-refractivity contribution >= 4 is 23.3 Å². The number of nitrogens with one attached hydrogen (secondary N) is 1. The van der Waals surface area contributed by atoms with Crippen molar-refractivity contribution in [3.63, 3.8) is 0 Å². The van der Waals surface area contributed by atoms with Crippen molar-refractivity contribution in [3.8, 4) is 0 Å². The predicted octanol–water partition coefficient (Wildman–Crippen LogP) is 2.66. The van der Waals surface area contributed by atoms with Crippen LogP contribution >= 0.6 is 0 Å². The molecule has 0 aliphatic heterocycles. The molecule has 1 N–H and O–H groups in total. The van der Waals surface area contributed by atoms with Crippen LogP contribution in [0.4, 0.5) is 5.69 Å². The van der Waals surface area contributed by atoms with Crippen molar-refractivity contribution in [2.75, 3.05) is 11.9 Å². The molecule has 8 nitrogen and oxygen atoms in total. The number of amides is 1. The minimum atomic E-state index is -0.766. The van der Waals surface area contributed by atoms with Gasteiger partial charge in [-0.3, -0.25) is 4.79 Å². The molecular weight excluding hydrogens is 358 g/mol. The van der Waals surface area contributed by atoms with Crippen LogP contribution in [0.5, 0.6) is 0 Å². The molecule has 3 aromatic rings. The molecule has 0 saturated carbocycles. The highest BCUT2D eigenvalue weighted by Gasteiger charge is 2.18. The number of fused-ring (bicyclic) bond motifs is 1. The normalized spacial score (nSPS) is 10.9. The van der Waals surface area contributed by atoms with Crippen LogP contribution in [0.1, 0.15) is 47.0 Å². The monoisotopic (exact) mass is 381 g/mol. The number of esters is 1. The van der Waals surface area contributed by atoms with Crippen molar-refractivity contribution in [1.29, 1.82) is 0 Å². The van der Waals surface area contributed by atoms with E-state index in [2.05, 4.69) is 20.4 Å². The highest BCUT2D eigenvalue weighted by molar-refractivity contribution is 5.95. The topological polar surface area (TPSA) is 98.5 Å². The summed E-state index contributed by atoms with van der Waals surface area (Å²) in [7, 11) is 0. The summed E-state index contributed by atoms with van der Waals surface area (Å²) in [6, 6.07) is 7.75. The average molecular weight is 381 g/mol. The molecule has 0 atom stereocenters. The zero-order valence-corrected chi connectivity index (χ0v) is 16.4.